The van der Waals surface area contributed by atoms with Crippen molar-refractivity contribution in [3.63, 3.8) is 0 Å². The first-order valence-electron chi connectivity index (χ1n) is 6.80. The van der Waals surface area contributed by atoms with Crippen molar-refractivity contribution in [2.45, 2.75) is 65.1 Å². The van der Waals surface area contributed by atoms with Crippen molar-refractivity contribution in [2.75, 3.05) is 13.6 Å². The molecule has 0 bridgehead atoms. The average Bonchev–Trinajstić information content (AvgIpc) is 2.19. The third kappa shape index (κ3) is 4.16. The minimum atomic E-state index is -0.444. The van der Waals surface area contributed by atoms with Gasteiger partial charge in [0.1, 0.15) is 5.60 Å². The van der Waals surface area contributed by atoms with Crippen LogP contribution in [-0.2, 0) is 4.74 Å². The summed E-state index contributed by atoms with van der Waals surface area (Å²) >= 11 is 0. The molecule has 1 amide bonds. The molecule has 0 aromatic heterocycles. The Hall–Kier alpha value is -0.770. The van der Waals surface area contributed by atoms with E-state index in [1.54, 1.807) is 11.9 Å². The predicted molar refractivity (Wildman–Crippen MR) is 71.4 cm³/mol. The second kappa shape index (κ2) is 5.47. The highest BCUT2D eigenvalue weighted by molar-refractivity contribution is 5.67. The fourth-order valence-corrected chi connectivity index (χ4v) is 2.45. The average molecular weight is 257 g/mol. The first-order chi connectivity index (χ1) is 8.17. The van der Waals surface area contributed by atoms with Gasteiger partial charge in [-0.05, 0) is 45.4 Å². The van der Waals surface area contributed by atoms with Gasteiger partial charge >= 0.3 is 6.09 Å². The zero-order chi connectivity index (χ0) is 14.0. The van der Waals surface area contributed by atoms with E-state index in [9.17, 15) is 9.90 Å². The Morgan fingerprint density at radius 2 is 2.00 bits per heavy atom. The normalized spacial score (nSPS) is 27.6. The Bertz CT molecular complexity index is 290. The molecule has 0 heterocycles. The number of aliphatic hydroxyl groups excluding tert-OH is 1. The van der Waals surface area contributed by atoms with Gasteiger partial charge in [0.15, 0.2) is 0 Å². The van der Waals surface area contributed by atoms with Crippen LogP contribution in [0.15, 0.2) is 0 Å². The number of hydrogen-bond acceptors (Lipinski definition) is 3. The number of nitrogens with zero attached hydrogens (tertiary/aromatic N) is 1. The molecule has 1 N–H and O–H groups in total. The molecule has 0 aliphatic heterocycles. The monoisotopic (exact) mass is 257 g/mol. The Labute approximate surface area is 110 Å². The van der Waals surface area contributed by atoms with Crippen LogP contribution in [0.3, 0.4) is 0 Å². The van der Waals surface area contributed by atoms with Crippen molar-refractivity contribution >= 4 is 6.09 Å². The van der Waals surface area contributed by atoms with Gasteiger partial charge in [0, 0.05) is 13.6 Å². The molecule has 1 saturated carbocycles. The quantitative estimate of drug-likeness (QED) is 0.842. The maximum atomic E-state index is 11.8. The molecule has 0 spiro atoms. The van der Waals surface area contributed by atoms with E-state index in [1.807, 2.05) is 20.8 Å². The summed E-state index contributed by atoms with van der Waals surface area (Å²) in [7, 11) is 1.77. The number of carbonyl (C=O) groups is 1. The van der Waals surface area contributed by atoms with Crippen molar-refractivity contribution in [3.05, 3.63) is 0 Å². The van der Waals surface area contributed by atoms with Gasteiger partial charge in [-0.3, -0.25) is 0 Å². The van der Waals surface area contributed by atoms with Crippen molar-refractivity contribution in [3.8, 4) is 0 Å². The molecule has 0 aromatic rings. The summed E-state index contributed by atoms with van der Waals surface area (Å²) in [5.74, 6) is 0. The van der Waals surface area contributed by atoms with Gasteiger partial charge in [-0.25, -0.2) is 4.79 Å². The lowest BCUT2D eigenvalue weighted by Gasteiger charge is -2.45. The zero-order valence-electron chi connectivity index (χ0n) is 12.3. The number of carbonyl (C=O) groups excluding carboxylic acids is 1. The van der Waals surface area contributed by atoms with Crippen LogP contribution in [0, 0.1) is 5.41 Å². The molecule has 4 nitrogen and oxygen atoms in total. The Kier molecular flexibility index (Phi) is 4.65. The molecule has 0 unspecified atom stereocenters. The lowest BCUT2D eigenvalue weighted by atomic mass is 9.63. The van der Waals surface area contributed by atoms with Gasteiger partial charge in [-0.1, -0.05) is 13.3 Å². The van der Waals surface area contributed by atoms with Gasteiger partial charge in [-0.2, -0.15) is 0 Å². The van der Waals surface area contributed by atoms with Crippen LogP contribution in [0.4, 0.5) is 4.79 Å². The highest BCUT2D eigenvalue weighted by Crippen LogP contribution is 2.46. The highest BCUT2D eigenvalue weighted by atomic mass is 16.6. The molecule has 1 fully saturated rings. The molecule has 106 valence electrons. The van der Waals surface area contributed by atoms with Crippen LogP contribution in [0.1, 0.15) is 53.4 Å². The Morgan fingerprint density at radius 3 is 2.39 bits per heavy atom. The molecule has 0 saturated heterocycles. The molecule has 1 aliphatic carbocycles. The maximum absolute atomic E-state index is 11.8. The summed E-state index contributed by atoms with van der Waals surface area (Å²) in [4.78, 5) is 13.4. The summed E-state index contributed by atoms with van der Waals surface area (Å²) in [6.45, 7) is 8.45. The number of amides is 1. The number of aliphatic hydroxyl groups is 1. The molecule has 4 heteroatoms. The van der Waals surface area contributed by atoms with E-state index in [2.05, 4.69) is 6.92 Å². The van der Waals surface area contributed by atoms with Crippen LogP contribution in [0.25, 0.3) is 0 Å². The molecular formula is C14H27NO3. The van der Waals surface area contributed by atoms with E-state index in [4.69, 9.17) is 4.74 Å². The van der Waals surface area contributed by atoms with Gasteiger partial charge in [0.25, 0.3) is 0 Å². The van der Waals surface area contributed by atoms with E-state index >= 15 is 0 Å². The number of ether oxygens (including phenoxy) is 1. The molecule has 0 aromatic carbocycles. The van der Waals surface area contributed by atoms with Crippen LogP contribution in [-0.4, -0.2) is 41.4 Å². The lowest BCUT2D eigenvalue weighted by Crippen LogP contribution is -2.43. The Morgan fingerprint density at radius 1 is 1.44 bits per heavy atom. The van der Waals surface area contributed by atoms with Crippen molar-refractivity contribution in [1.82, 2.24) is 4.90 Å². The molecule has 18 heavy (non-hydrogen) atoms. The van der Waals surface area contributed by atoms with Crippen LogP contribution < -0.4 is 0 Å². The first-order valence-corrected chi connectivity index (χ1v) is 6.80. The van der Waals surface area contributed by atoms with Gasteiger partial charge in [0.05, 0.1) is 6.10 Å². The summed E-state index contributed by atoms with van der Waals surface area (Å²) in [6, 6.07) is 0. The van der Waals surface area contributed by atoms with Crippen molar-refractivity contribution in [2.24, 2.45) is 5.41 Å². The van der Waals surface area contributed by atoms with E-state index in [1.165, 1.54) is 0 Å². The largest absolute Gasteiger partial charge is 0.444 e. The summed E-state index contributed by atoms with van der Waals surface area (Å²) in [6.07, 6.45) is 3.32. The van der Waals surface area contributed by atoms with Gasteiger partial charge < -0.3 is 14.7 Å². The van der Waals surface area contributed by atoms with Crippen LogP contribution >= 0.6 is 0 Å². The van der Waals surface area contributed by atoms with E-state index in [-0.39, 0.29) is 17.6 Å². The third-order valence-corrected chi connectivity index (χ3v) is 3.77. The van der Waals surface area contributed by atoms with Gasteiger partial charge in [-0.15, -0.1) is 0 Å². The van der Waals surface area contributed by atoms with E-state index in [0.29, 0.717) is 6.54 Å². The second-order valence-electron chi connectivity index (χ2n) is 6.57. The third-order valence-electron chi connectivity index (χ3n) is 3.77. The zero-order valence-corrected chi connectivity index (χ0v) is 12.3. The van der Waals surface area contributed by atoms with E-state index < -0.39 is 5.60 Å². The molecule has 0 radical (unpaired) electrons. The van der Waals surface area contributed by atoms with Crippen LogP contribution in [0.2, 0.25) is 0 Å². The topological polar surface area (TPSA) is 49.8 Å². The SMILES string of the molecule is CCC1(CCN(C)C(=O)OC(C)(C)C)CC(O)C1. The number of rotatable bonds is 4. The van der Waals surface area contributed by atoms with Crippen LogP contribution in [0.5, 0.6) is 0 Å². The molecule has 0 atom stereocenters. The maximum Gasteiger partial charge on any atom is 0.410 e. The summed E-state index contributed by atoms with van der Waals surface area (Å²) < 4.78 is 5.31. The van der Waals surface area contributed by atoms with Gasteiger partial charge in [0.2, 0.25) is 0 Å². The second-order valence-corrected chi connectivity index (χ2v) is 6.57. The molecule has 1 rings (SSSR count). The highest BCUT2D eigenvalue weighted by Gasteiger charge is 2.41. The van der Waals surface area contributed by atoms with Crippen molar-refractivity contribution < 1.29 is 14.6 Å². The minimum absolute atomic E-state index is 0.142. The predicted octanol–water partition coefficient (Wildman–Crippen LogP) is 2.79. The number of hydrogen-bond donors (Lipinski definition) is 1. The van der Waals surface area contributed by atoms with E-state index in [0.717, 1.165) is 25.7 Å². The molecule has 1 aliphatic rings. The smallest absolute Gasteiger partial charge is 0.410 e. The fraction of sp³-hybridized carbons (Fsp3) is 0.929. The Balaban J connectivity index is 2.36. The van der Waals surface area contributed by atoms with Crippen molar-refractivity contribution in [1.29, 1.82) is 0 Å². The standard InChI is InChI=1S/C14H27NO3/c1-6-14(9-11(16)10-14)7-8-15(5)12(17)18-13(2,3)4/h11,16H,6-10H2,1-5H3. The minimum Gasteiger partial charge on any atom is -0.444 e. The lowest BCUT2D eigenvalue weighted by molar-refractivity contribution is -0.0444. The summed E-state index contributed by atoms with van der Waals surface area (Å²) in [5.41, 5.74) is -0.212. The first kappa shape index (κ1) is 15.3. The summed E-state index contributed by atoms with van der Waals surface area (Å²) in [5, 5.41) is 9.44. The molecular weight excluding hydrogens is 230 g/mol. The fourth-order valence-electron chi connectivity index (χ4n) is 2.45.